The third kappa shape index (κ3) is 3.48. The van der Waals surface area contributed by atoms with E-state index in [0.717, 1.165) is 61.1 Å². The van der Waals surface area contributed by atoms with Gasteiger partial charge in [-0.25, -0.2) is 4.98 Å². The standard InChI is InChI=1S/C32H21N3O/c1-4-10-21(11-5-1)25-18-27(22-12-6-2-7-13-22)30-26-17-16-24(19-28(26)36-29(30)20-25)32-33-31(34-35-32)23-14-8-3-9-15-23/h1-20H,(H,33,34,35). The topological polar surface area (TPSA) is 54.7 Å². The Kier molecular flexibility index (Phi) is 4.74. The van der Waals surface area contributed by atoms with Gasteiger partial charge in [0, 0.05) is 21.9 Å². The molecule has 2 heterocycles. The van der Waals surface area contributed by atoms with E-state index in [-0.39, 0.29) is 0 Å². The molecule has 36 heavy (non-hydrogen) atoms. The SMILES string of the molecule is c1ccc(-c2cc(-c3ccccc3)c3c(c2)oc2cc(-c4n[nH]c(-c5ccccc5)n4)ccc23)cc1. The van der Waals surface area contributed by atoms with Crippen molar-refractivity contribution in [1.29, 1.82) is 0 Å². The maximum absolute atomic E-state index is 6.46. The van der Waals surface area contributed by atoms with Gasteiger partial charge in [0.25, 0.3) is 0 Å². The highest BCUT2D eigenvalue weighted by Gasteiger charge is 2.17. The lowest BCUT2D eigenvalue weighted by molar-refractivity contribution is 0.669. The number of aromatic nitrogens is 3. The van der Waals surface area contributed by atoms with E-state index in [0.29, 0.717) is 5.82 Å². The van der Waals surface area contributed by atoms with Gasteiger partial charge in [-0.05, 0) is 46.5 Å². The molecule has 0 unspecified atom stereocenters. The summed E-state index contributed by atoms with van der Waals surface area (Å²) in [6.07, 6.45) is 0. The van der Waals surface area contributed by atoms with Crippen molar-refractivity contribution in [1.82, 2.24) is 15.2 Å². The van der Waals surface area contributed by atoms with E-state index in [1.54, 1.807) is 0 Å². The zero-order chi connectivity index (χ0) is 23.9. The molecule has 5 aromatic carbocycles. The number of rotatable bonds is 4. The minimum atomic E-state index is 0.643. The molecule has 0 radical (unpaired) electrons. The van der Waals surface area contributed by atoms with Crippen LogP contribution < -0.4 is 0 Å². The lowest BCUT2D eigenvalue weighted by atomic mass is 9.94. The quantitative estimate of drug-likeness (QED) is 0.285. The van der Waals surface area contributed by atoms with Crippen LogP contribution in [0.2, 0.25) is 0 Å². The lowest BCUT2D eigenvalue weighted by Crippen LogP contribution is -1.84. The lowest BCUT2D eigenvalue weighted by Gasteiger charge is -2.08. The number of nitrogens with one attached hydrogen (secondary N) is 1. The number of benzene rings is 5. The molecule has 0 spiro atoms. The summed E-state index contributed by atoms with van der Waals surface area (Å²) in [7, 11) is 0. The first-order valence-corrected chi connectivity index (χ1v) is 11.9. The van der Waals surface area contributed by atoms with Crippen molar-refractivity contribution in [3.63, 3.8) is 0 Å². The summed E-state index contributed by atoms with van der Waals surface area (Å²) < 4.78 is 6.46. The van der Waals surface area contributed by atoms with E-state index in [1.165, 1.54) is 0 Å². The van der Waals surface area contributed by atoms with Gasteiger partial charge in [0.2, 0.25) is 0 Å². The highest BCUT2D eigenvalue weighted by Crippen LogP contribution is 2.40. The molecule has 7 rings (SSSR count). The predicted octanol–water partition coefficient (Wildman–Crippen LogP) is 8.37. The molecule has 4 nitrogen and oxygen atoms in total. The second kappa shape index (κ2) is 8.36. The van der Waals surface area contributed by atoms with E-state index in [9.17, 15) is 0 Å². The van der Waals surface area contributed by atoms with Crippen LogP contribution >= 0.6 is 0 Å². The van der Waals surface area contributed by atoms with E-state index in [2.05, 4.69) is 83.0 Å². The fraction of sp³-hybridized carbons (Fsp3) is 0. The number of furan rings is 1. The van der Waals surface area contributed by atoms with E-state index in [4.69, 9.17) is 9.40 Å². The van der Waals surface area contributed by atoms with Gasteiger partial charge in [-0.3, -0.25) is 5.10 Å². The summed E-state index contributed by atoms with van der Waals surface area (Å²) in [6.45, 7) is 0. The highest BCUT2D eigenvalue weighted by molar-refractivity contribution is 6.14. The summed E-state index contributed by atoms with van der Waals surface area (Å²) in [6, 6.07) is 41.5. The smallest absolute Gasteiger partial charge is 0.181 e. The summed E-state index contributed by atoms with van der Waals surface area (Å²) in [5.74, 6) is 1.39. The van der Waals surface area contributed by atoms with E-state index >= 15 is 0 Å². The monoisotopic (exact) mass is 463 g/mol. The first-order valence-electron chi connectivity index (χ1n) is 11.9. The van der Waals surface area contributed by atoms with Gasteiger partial charge in [-0.15, -0.1) is 0 Å². The molecule has 0 amide bonds. The number of hydrogen-bond donors (Lipinski definition) is 1. The zero-order valence-electron chi connectivity index (χ0n) is 19.3. The Morgan fingerprint density at radius 2 is 1.17 bits per heavy atom. The maximum Gasteiger partial charge on any atom is 0.181 e. The minimum absolute atomic E-state index is 0.643. The Labute approximate surface area is 207 Å². The number of fused-ring (bicyclic) bond motifs is 3. The summed E-state index contributed by atoms with van der Waals surface area (Å²) in [5, 5.41) is 9.71. The second-order valence-electron chi connectivity index (χ2n) is 8.82. The molecule has 7 aromatic rings. The van der Waals surface area contributed by atoms with Crippen molar-refractivity contribution in [2.45, 2.75) is 0 Å². The average molecular weight is 464 g/mol. The van der Waals surface area contributed by atoms with Crippen LogP contribution in [-0.4, -0.2) is 15.2 Å². The predicted molar refractivity (Wildman–Crippen MR) is 145 cm³/mol. The van der Waals surface area contributed by atoms with Crippen molar-refractivity contribution in [2.24, 2.45) is 0 Å². The van der Waals surface area contributed by atoms with Crippen molar-refractivity contribution >= 4 is 21.9 Å². The van der Waals surface area contributed by atoms with Crippen LogP contribution in [0.15, 0.2) is 126 Å². The Hall–Kier alpha value is -4.96. The van der Waals surface area contributed by atoms with Crippen LogP contribution in [0.1, 0.15) is 0 Å². The molecule has 0 saturated carbocycles. The van der Waals surface area contributed by atoms with Crippen LogP contribution in [-0.2, 0) is 0 Å². The molecule has 170 valence electrons. The molecule has 2 aromatic heterocycles. The molecule has 1 N–H and O–H groups in total. The van der Waals surface area contributed by atoms with Crippen LogP contribution in [0.5, 0.6) is 0 Å². The number of nitrogens with zero attached hydrogens (tertiary/aromatic N) is 2. The molecule has 0 atom stereocenters. The molecular weight excluding hydrogens is 442 g/mol. The Bertz CT molecular complexity index is 1820. The van der Waals surface area contributed by atoms with Gasteiger partial charge in [0.15, 0.2) is 11.6 Å². The molecule has 0 saturated heterocycles. The van der Waals surface area contributed by atoms with E-state index in [1.807, 2.05) is 48.5 Å². The van der Waals surface area contributed by atoms with Crippen molar-refractivity contribution < 1.29 is 4.42 Å². The first kappa shape index (κ1) is 20.4. The van der Waals surface area contributed by atoms with Gasteiger partial charge in [0.05, 0.1) is 0 Å². The van der Waals surface area contributed by atoms with Gasteiger partial charge >= 0.3 is 0 Å². The van der Waals surface area contributed by atoms with Gasteiger partial charge in [0.1, 0.15) is 11.2 Å². The molecule has 0 fully saturated rings. The molecule has 0 aliphatic carbocycles. The van der Waals surface area contributed by atoms with Gasteiger partial charge in [-0.1, -0.05) is 97.1 Å². The third-order valence-corrected chi connectivity index (χ3v) is 6.56. The van der Waals surface area contributed by atoms with Crippen molar-refractivity contribution in [2.75, 3.05) is 0 Å². The average Bonchev–Trinajstić information content (AvgIpc) is 3.59. The van der Waals surface area contributed by atoms with Crippen molar-refractivity contribution in [3.8, 4) is 45.0 Å². The zero-order valence-corrected chi connectivity index (χ0v) is 19.3. The normalized spacial score (nSPS) is 11.3. The Balaban J connectivity index is 1.41. The molecule has 0 aliphatic heterocycles. The maximum atomic E-state index is 6.46. The van der Waals surface area contributed by atoms with Gasteiger partial charge < -0.3 is 4.42 Å². The molecule has 0 aliphatic rings. The van der Waals surface area contributed by atoms with Crippen LogP contribution in [0.4, 0.5) is 0 Å². The highest BCUT2D eigenvalue weighted by atomic mass is 16.3. The number of hydrogen-bond acceptors (Lipinski definition) is 3. The first-order chi connectivity index (χ1) is 17.8. The fourth-order valence-electron chi connectivity index (χ4n) is 4.80. The summed E-state index contributed by atoms with van der Waals surface area (Å²) in [4.78, 5) is 4.72. The fourth-order valence-corrected chi connectivity index (χ4v) is 4.80. The number of aromatic amines is 1. The largest absolute Gasteiger partial charge is 0.456 e. The van der Waals surface area contributed by atoms with Crippen LogP contribution in [0.3, 0.4) is 0 Å². The third-order valence-electron chi connectivity index (χ3n) is 6.56. The summed E-state index contributed by atoms with van der Waals surface area (Å²) >= 11 is 0. The van der Waals surface area contributed by atoms with Crippen LogP contribution in [0.25, 0.3) is 67.0 Å². The van der Waals surface area contributed by atoms with Crippen molar-refractivity contribution in [3.05, 3.63) is 121 Å². The van der Waals surface area contributed by atoms with Crippen LogP contribution in [0, 0.1) is 0 Å². The number of H-pyrrole nitrogens is 1. The second-order valence-corrected chi connectivity index (χ2v) is 8.82. The minimum Gasteiger partial charge on any atom is -0.456 e. The Morgan fingerprint density at radius 1 is 0.528 bits per heavy atom. The Morgan fingerprint density at radius 3 is 1.89 bits per heavy atom. The molecule has 4 heteroatoms. The summed E-state index contributed by atoms with van der Waals surface area (Å²) in [5.41, 5.74) is 8.19. The molecular formula is C32H21N3O. The van der Waals surface area contributed by atoms with Gasteiger partial charge in [-0.2, -0.15) is 5.10 Å². The van der Waals surface area contributed by atoms with E-state index < -0.39 is 0 Å². The molecule has 0 bridgehead atoms.